The van der Waals surface area contributed by atoms with Crippen LogP contribution in [0.1, 0.15) is 50.0 Å². The molecule has 0 saturated heterocycles. The smallest absolute Gasteiger partial charge is 0.293 e. The van der Waals surface area contributed by atoms with Crippen LogP contribution < -0.4 is 0 Å². The van der Waals surface area contributed by atoms with Crippen molar-refractivity contribution in [3.8, 4) is 0 Å². The van der Waals surface area contributed by atoms with Gasteiger partial charge in [-0.2, -0.15) is 4.89 Å². The highest BCUT2D eigenvalue weighted by Crippen LogP contribution is 2.22. The number of hydrogen-bond acceptors (Lipinski definition) is 3. The van der Waals surface area contributed by atoms with Crippen molar-refractivity contribution >= 4 is 5.97 Å². The molecule has 0 N–H and O–H groups in total. The summed E-state index contributed by atoms with van der Waals surface area (Å²) in [4.78, 5) is 20.9. The van der Waals surface area contributed by atoms with Gasteiger partial charge < -0.3 is 0 Å². The fraction of sp³-hybridized carbons (Fsp3) is 0.500. The van der Waals surface area contributed by atoms with E-state index >= 15 is 0 Å². The summed E-state index contributed by atoms with van der Waals surface area (Å²) in [5, 5.41) is 0. The van der Waals surface area contributed by atoms with Crippen molar-refractivity contribution in [3.63, 3.8) is 0 Å². The zero-order chi connectivity index (χ0) is 12.9. The van der Waals surface area contributed by atoms with Crippen LogP contribution in [0, 0.1) is 0 Å². The molecule has 0 saturated carbocycles. The van der Waals surface area contributed by atoms with E-state index in [1.54, 1.807) is 12.1 Å². The molecule has 0 bridgehead atoms. The summed E-state index contributed by atoms with van der Waals surface area (Å²) in [6.07, 6.45) is 0.816. The van der Waals surface area contributed by atoms with E-state index in [4.69, 9.17) is 4.89 Å². The van der Waals surface area contributed by atoms with Crippen molar-refractivity contribution in [1.29, 1.82) is 0 Å². The molecule has 1 aromatic rings. The average molecular weight is 236 g/mol. The molecule has 3 nitrogen and oxygen atoms in total. The maximum atomic E-state index is 11.5. The SMILES string of the molecule is CCCOOC(=O)c1ccc(C(C)(C)C)cc1. The summed E-state index contributed by atoms with van der Waals surface area (Å²) in [7, 11) is 0. The van der Waals surface area contributed by atoms with Gasteiger partial charge in [0.25, 0.3) is 0 Å². The van der Waals surface area contributed by atoms with Crippen molar-refractivity contribution in [1.82, 2.24) is 0 Å². The third-order valence-electron chi connectivity index (χ3n) is 2.41. The number of carbonyl (C=O) groups is 1. The predicted molar refractivity (Wildman–Crippen MR) is 66.8 cm³/mol. The summed E-state index contributed by atoms with van der Waals surface area (Å²) < 4.78 is 0. The minimum absolute atomic E-state index is 0.0845. The molecule has 1 rings (SSSR count). The molecule has 0 aliphatic heterocycles. The van der Waals surface area contributed by atoms with Gasteiger partial charge in [-0.3, -0.25) is 4.89 Å². The highest BCUT2D eigenvalue weighted by Gasteiger charge is 2.15. The Morgan fingerprint density at radius 3 is 2.24 bits per heavy atom. The topological polar surface area (TPSA) is 35.5 Å². The van der Waals surface area contributed by atoms with Gasteiger partial charge in [-0.25, -0.2) is 4.79 Å². The molecule has 94 valence electrons. The summed E-state index contributed by atoms with van der Waals surface area (Å²) >= 11 is 0. The van der Waals surface area contributed by atoms with Crippen LogP contribution in [-0.2, 0) is 15.2 Å². The van der Waals surface area contributed by atoms with Gasteiger partial charge in [0.05, 0.1) is 12.2 Å². The maximum Gasteiger partial charge on any atom is 0.373 e. The van der Waals surface area contributed by atoms with Crippen LogP contribution in [0.4, 0.5) is 0 Å². The lowest BCUT2D eigenvalue weighted by Crippen LogP contribution is -2.12. The number of benzene rings is 1. The highest BCUT2D eigenvalue weighted by atomic mass is 17.2. The monoisotopic (exact) mass is 236 g/mol. The molecule has 0 aromatic heterocycles. The fourth-order valence-corrected chi connectivity index (χ4v) is 1.33. The predicted octanol–water partition coefficient (Wildman–Crippen LogP) is 3.48. The summed E-state index contributed by atoms with van der Waals surface area (Å²) in [6, 6.07) is 7.41. The molecule has 0 spiro atoms. The van der Waals surface area contributed by atoms with Crippen LogP contribution >= 0.6 is 0 Å². The van der Waals surface area contributed by atoms with E-state index in [1.807, 2.05) is 19.1 Å². The largest absolute Gasteiger partial charge is 0.373 e. The Labute approximate surface area is 103 Å². The van der Waals surface area contributed by atoms with Gasteiger partial charge in [0.15, 0.2) is 0 Å². The Morgan fingerprint density at radius 1 is 1.18 bits per heavy atom. The van der Waals surface area contributed by atoms with Crippen LogP contribution in [0.15, 0.2) is 24.3 Å². The molecule has 0 fully saturated rings. The van der Waals surface area contributed by atoms with E-state index in [1.165, 1.54) is 5.56 Å². The third-order valence-corrected chi connectivity index (χ3v) is 2.41. The van der Waals surface area contributed by atoms with Gasteiger partial charge in [-0.1, -0.05) is 39.8 Å². The number of carbonyl (C=O) groups excluding carboxylic acids is 1. The molecular weight excluding hydrogens is 216 g/mol. The first-order chi connectivity index (χ1) is 7.95. The standard InChI is InChI=1S/C14H20O3/c1-5-10-16-17-13(15)11-6-8-12(9-7-11)14(2,3)4/h6-9H,5,10H2,1-4H3. The second-order valence-electron chi connectivity index (χ2n) is 5.02. The quantitative estimate of drug-likeness (QED) is 0.456. The van der Waals surface area contributed by atoms with E-state index in [9.17, 15) is 4.79 Å². The molecule has 17 heavy (non-hydrogen) atoms. The molecule has 0 amide bonds. The van der Waals surface area contributed by atoms with E-state index < -0.39 is 5.97 Å². The van der Waals surface area contributed by atoms with Crippen molar-refractivity contribution in [2.45, 2.75) is 39.5 Å². The molecule has 3 heteroatoms. The molecule has 0 heterocycles. The molecular formula is C14H20O3. The number of hydrogen-bond donors (Lipinski definition) is 0. The molecule has 0 unspecified atom stereocenters. The van der Waals surface area contributed by atoms with Gasteiger partial charge >= 0.3 is 5.97 Å². The van der Waals surface area contributed by atoms with E-state index in [0.29, 0.717) is 12.2 Å². The highest BCUT2D eigenvalue weighted by molar-refractivity contribution is 5.88. The van der Waals surface area contributed by atoms with Crippen LogP contribution in [0.3, 0.4) is 0 Å². The minimum Gasteiger partial charge on any atom is -0.293 e. The zero-order valence-corrected chi connectivity index (χ0v) is 10.9. The molecule has 0 radical (unpaired) electrons. The maximum absolute atomic E-state index is 11.5. The van der Waals surface area contributed by atoms with Crippen LogP contribution in [0.25, 0.3) is 0 Å². The van der Waals surface area contributed by atoms with Crippen molar-refractivity contribution in [3.05, 3.63) is 35.4 Å². The minimum atomic E-state index is -0.445. The van der Waals surface area contributed by atoms with Crippen molar-refractivity contribution in [2.75, 3.05) is 6.61 Å². The Morgan fingerprint density at radius 2 is 1.76 bits per heavy atom. The lowest BCUT2D eigenvalue weighted by atomic mass is 9.87. The first-order valence-corrected chi connectivity index (χ1v) is 5.89. The second-order valence-corrected chi connectivity index (χ2v) is 5.02. The summed E-state index contributed by atoms with van der Waals surface area (Å²) in [5.41, 5.74) is 1.78. The first kappa shape index (κ1) is 13.7. The van der Waals surface area contributed by atoms with E-state index in [0.717, 1.165) is 6.42 Å². The average Bonchev–Trinajstić information content (AvgIpc) is 2.28. The van der Waals surface area contributed by atoms with E-state index in [2.05, 4.69) is 25.7 Å². The van der Waals surface area contributed by atoms with Crippen LogP contribution in [0.2, 0.25) is 0 Å². The third kappa shape index (κ3) is 4.19. The summed E-state index contributed by atoms with van der Waals surface area (Å²) in [5.74, 6) is -0.445. The van der Waals surface area contributed by atoms with Crippen molar-refractivity contribution < 1.29 is 14.6 Å². The number of rotatable bonds is 4. The molecule has 0 aliphatic rings. The Kier molecular flexibility index (Phi) is 4.70. The van der Waals surface area contributed by atoms with Gasteiger partial charge in [0, 0.05) is 0 Å². The Bertz CT molecular complexity index is 360. The Hall–Kier alpha value is -1.35. The van der Waals surface area contributed by atoms with Gasteiger partial charge in [-0.15, -0.1) is 0 Å². The molecule has 0 aliphatic carbocycles. The Balaban J connectivity index is 2.64. The molecule has 0 atom stereocenters. The van der Waals surface area contributed by atoms with Crippen LogP contribution in [-0.4, -0.2) is 12.6 Å². The normalized spacial score (nSPS) is 11.3. The van der Waals surface area contributed by atoms with Gasteiger partial charge in [0.2, 0.25) is 0 Å². The van der Waals surface area contributed by atoms with Crippen molar-refractivity contribution in [2.24, 2.45) is 0 Å². The lowest BCUT2D eigenvalue weighted by Gasteiger charge is -2.18. The van der Waals surface area contributed by atoms with E-state index in [-0.39, 0.29) is 5.41 Å². The first-order valence-electron chi connectivity index (χ1n) is 5.89. The molecule has 1 aromatic carbocycles. The van der Waals surface area contributed by atoms with Gasteiger partial charge in [0.1, 0.15) is 0 Å². The summed E-state index contributed by atoms with van der Waals surface area (Å²) in [6.45, 7) is 8.76. The fourth-order valence-electron chi connectivity index (χ4n) is 1.33. The lowest BCUT2D eigenvalue weighted by molar-refractivity contribution is -0.240. The van der Waals surface area contributed by atoms with Gasteiger partial charge in [-0.05, 0) is 29.5 Å². The van der Waals surface area contributed by atoms with Crippen LogP contribution in [0.5, 0.6) is 0 Å². The zero-order valence-electron chi connectivity index (χ0n) is 10.9. The second kappa shape index (κ2) is 5.82.